The standard InChI is InChI=1S/C25H18N2O/c1-28-22-12-5-17(6-13-22)15-26-27-16-21-10-9-20-8-7-18-3-2-4-19-11-14-23(21)25(20)24(18)19/h2-16H,1H3. The first-order valence-corrected chi connectivity index (χ1v) is 9.20. The molecule has 0 fully saturated rings. The molecule has 0 bridgehead atoms. The Kier molecular flexibility index (Phi) is 3.99. The van der Waals surface area contributed by atoms with Crippen LogP contribution in [0.2, 0.25) is 0 Å². The van der Waals surface area contributed by atoms with Crippen molar-refractivity contribution >= 4 is 44.7 Å². The summed E-state index contributed by atoms with van der Waals surface area (Å²) in [6.45, 7) is 0. The average Bonchev–Trinajstić information content (AvgIpc) is 2.76. The number of ether oxygens (including phenoxy) is 1. The molecule has 3 heteroatoms. The molecule has 0 aliphatic rings. The quantitative estimate of drug-likeness (QED) is 0.218. The Bertz CT molecular complexity index is 1320. The van der Waals surface area contributed by atoms with Gasteiger partial charge in [0.1, 0.15) is 5.75 Å². The van der Waals surface area contributed by atoms with Gasteiger partial charge < -0.3 is 4.74 Å². The monoisotopic (exact) mass is 362 g/mol. The molecule has 0 saturated heterocycles. The molecule has 0 aromatic heterocycles. The van der Waals surface area contributed by atoms with Crippen molar-refractivity contribution in [3.05, 3.63) is 90.0 Å². The Labute approximate surface area is 162 Å². The molecule has 0 heterocycles. The van der Waals surface area contributed by atoms with Gasteiger partial charge in [-0.15, -0.1) is 0 Å². The first kappa shape index (κ1) is 16.5. The Morgan fingerprint density at radius 3 is 2.04 bits per heavy atom. The lowest BCUT2D eigenvalue weighted by molar-refractivity contribution is 0.415. The molecule has 134 valence electrons. The lowest BCUT2D eigenvalue weighted by atomic mass is 9.92. The maximum absolute atomic E-state index is 5.17. The fraction of sp³-hybridized carbons (Fsp3) is 0.0400. The minimum absolute atomic E-state index is 0.828. The first-order chi connectivity index (χ1) is 13.8. The fourth-order valence-corrected chi connectivity index (χ4v) is 3.76. The Morgan fingerprint density at radius 2 is 1.29 bits per heavy atom. The molecule has 0 saturated carbocycles. The van der Waals surface area contributed by atoms with Gasteiger partial charge in [0.25, 0.3) is 0 Å². The van der Waals surface area contributed by atoms with Crippen molar-refractivity contribution in [1.82, 2.24) is 0 Å². The van der Waals surface area contributed by atoms with Crippen molar-refractivity contribution < 1.29 is 4.74 Å². The third-order valence-corrected chi connectivity index (χ3v) is 5.15. The van der Waals surface area contributed by atoms with Gasteiger partial charge in [-0.3, -0.25) is 0 Å². The Morgan fingerprint density at radius 1 is 0.643 bits per heavy atom. The second-order valence-corrected chi connectivity index (χ2v) is 6.77. The summed E-state index contributed by atoms with van der Waals surface area (Å²) in [5.74, 6) is 0.828. The van der Waals surface area contributed by atoms with Crippen LogP contribution in [-0.4, -0.2) is 19.5 Å². The maximum atomic E-state index is 5.17. The molecule has 5 aromatic rings. The fourth-order valence-electron chi connectivity index (χ4n) is 3.76. The zero-order valence-corrected chi connectivity index (χ0v) is 15.5. The number of methoxy groups -OCH3 is 1. The highest BCUT2D eigenvalue weighted by Gasteiger charge is 2.09. The van der Waals surface area contributed by atoms with Crippen molar-refractivity contribution in [2.45, 2.75) is 0 Å². The number of hydrogen-bond acceptors (Lipinski definition) is 3. The molecule has 0 N–H and O–H groups in total. The van der Waals surface area contributed by atoms with Crippen molar-refractivity contribution in [1.29, 1.82) is 0 Å². The van der Waals surface area contributed by atoms with Crippen molar-refractivity contribution in [3.63, 3.8) is 0 Å². The molecule has 0 spiro atoms. The smallest absolute Gasteiger partial charge is 0.118 e. The number of hydrogen-bond donors (Lipinski definition) is 0. The van der Waals surface area contributed by atoms with E-state index < -0.39 is 0 Å². The molecule has 0 radical (unpaired) electrons. The van der Waals surface area contributed by atoms with E-state index in [9.17, 15) is 0 Å². The number of benzene rings is 5. The Hall–Kier alpha value is -3.72. The molecule has 28 heavy (non-hydrogen) atoms. The van der Waals surface area contributed by atoms with Gasteiger partial charge in [0.2, 0.25) is 0 Å². The Balaban J connectivity index is 1.53. The van der Waals surface area contributed by atoms with Gasteiger partial charge in [0.05, 0.1) is 19.5 Å². The van der Waals surface area contributed by atoms with E-state index in [1.54, 1.807) is 13.3 Å². The predicted molar refractivity (Wildman–Crippen MR) is 118 cm³/mol. The number of rotatable bonds is 4. The van der Waals surface area contributed by atoms with E-state index in [1.165, 1.54) is 32.3 Å². The van der Waals surface area contributed by atoms with E-state index >= 15 is 0 Å². The highest BCUT2D eigenvalue weighted by Crippen LogP contribution is 2.35. The third kappa shape index (κ3) is 2.78. The van der Waals surface area contributed by atoms with Crippen LogP contribution in [0.4, 0.5) is 0 Å². The van der Waals surface area contributed by atoms with E-state index in [1.807, 2.05) is 30.5 Å². The molecular weight excluding hydrogens is 344 g/mol. The highest BCUT2D eigenvalue weighted by atomic mass is 16.5. The normalized spacial score (nSPS) is 12.2. The molecule has 0 atom stereocenters. The van der Waals surface area contributed by atoms with Gasteiger partial charge in [-0.1, -0.05) is 54.6 Å². The van der Waals surface area contributed by atoms with Crippen LogP contribution in [0.15, 0.2) is 89.1 Å². The van der Waals surface area contributed by atoms with E-state index in [-0.39, 0.29) is 0 Å². The van der Waals surface area contributed by atoms with E-state index in [2.05, 4.69) is 64.8 Å². The van der Waals surface area contributed by atoms with Crippen LogP contribution in [0.1, 0.15) is 11.1 Å². The van der Waals surface area contributed by atoms with Crippen molar-refractivity contribution in [2.75, 3.05) is 7.11 Å². The van der Waals surface area contributed by atoms with Crippen LogP contribution in [-0.2, 0) is 0 Å². The summed E-state index contributed by atoms with van der Waals surface area (Å²) in [7, 11) is 1.66. The molecule has 0 unspecified atom stereocenters. The summed E-state index contributed by atoms with van der Waals surface area (Å²) >= 11 is 0. The predicted octanol–water partition coefficient (Wildman–Crippen LogP) is 6.05. The van der Waals surface area contributed by atoms with Crippen LogP contribution in [0.3, 0.4) is 0 Å². The molecule has 0 amide bonds. The average molecular weight is 362 g/mol. The summed E-state index contributed by atoms with van der Waals surface area (Å²) in [6.07, 6.45) is 3.57. The molecule has 0 aliphatic carbocycles. The largest absolute Gasteiger partial charge is 0.497 e. The van der Waals surface area contributed by atoms with Gasteiger partial charge >= 0.3 is 0 Å². The molecule has 5 aromatic carbocycles. The van der Waals surface area contributed by atoms with Gasteiger partial charge in [-0.2, -0.15) is 10.2 Å². The minimum atomic E-state index is 0.828. The molecule has 5 rings (SSSR count). The van der Waals surface area contributed by atoms with Gasteiger partial charge in [0.15, 0.2) is 0 Å². The summed E-state index contributed by atoms with van der Waals surface area (Å²) in [6, 6.07) is 27.2. The van der Waals surface area contributed by atoms with Crippen molar-refractivity contribution in [3.8, 4) is 5.75 Å². The maximum Gasteiger partial charge on any atom is 0.118 e. The summed E-state index contributed by atoms with van der Waals surface area (Å²) in [5, 5.41) is 16.1. The molecule has 0 aliphatic heterocycles. The second kappa shape index (κ2) is 6.78. The number of nitrogens with zero attached hydrogens (tertiary/aromatic N) is 2. The SMILES string of the molecule is COc1ccc(C=NN=Cc2ccc3ccc4cccc5ccc2c3c45)cc1. The summed E-state index contributed by atoms with van der Waals surface area (Å²) in [5.41, 5.74) is 2.05. The molecular formula is C25H18N2O. The van der Waals surface area contributed by atoms with Crippen LogP contribution in [0.25, 0.3) is 32.3 Å². The van der Waals surface area contributed by atoms with Crippen LogP contribution in [0.5, 0.6) is 5.75 Å². The lowest BCUT2D eigenvalue weighted by Crippen LogP contribution is -1.89. The second-order valence-electron chi connectivity index (χ2n) is 6.77. The lowest BCUT2D eigenvalue weighted by Gasteiger charge is -2.11. The third-order valence-electron chi connectivity index (χ3n) is 5.15. The van der Waals surface area contributed by atoms with Crippen LogP contribution in [0, 0.1) is 0 Å². The zero-order valence-electron chi connectivity index (χ0n) is 15.5. The summed E-state index contributed by atoms with van der Waals surface area (Å²) in [4.78, 5) is 0. The van der Waals surface area contributed by atoms with E-state index in [0.717, 1.165) is 16.9 Å². The first-order valence-electron chi connectivity index (χ1n) is 9.20. The molecule has 3 nitrogen and oxygen atoms in total. The van der Waals surface area contributed by atoms with E-state index in [4.69, 9.17) is 4.74 Å². The van der Waals surface area contributed by atoms with Gasteiger partial charge in [-0.25, -0.2) is 0 Å². The topological polar surface area (TPSA) is 34.0 Å². The highest BCUT2D eigenvalue weighted by molar-refractivity contribution is 6.25. The van der Waals surface area contributed by atoms with Gasteiger partial charge in [0, 0.05) is 5.56 Å². The zero-order chi connectivity index (χ0) is 18.9. The van der Waals surface area contributed by atoms with E-state index in [0.29, 0.717) is 0 Å². The van der Waals surface area contributed by atoms with Crippen molar-refractivity contribution in [2.24, 2.45) is 10.2 Å². The van der Waals surface area contributed by atoms with Crippen LogP contribution < -0.4 is 4.74 Å². The van der Waals surface area contributed by atoms with Crippen LogP contribution >= 0.6 is 0 Å². The van der Waals surface area contributed by atoms with Gasteiger partial charge in [-0.05, 0) is 62.1 Å². The minimum Gasteiger partial charge on any atom is -0.497 e. The summed E-state index contributed by atoms with van der Waals surface area (Å²) < 4.78 is 5.17.